The number of rotatable bonds is 7. The SMILES string of the molecule is CCN(CC)c1ccc2c(c1)Oc1ccc(Nc3ccc(C(F)(F)F)cc3)cc1C2c1c(Cl)c(Cl)c(Cl)c(Cl)c1C(=O)OC. The van der Waals surface area contributed by atoms with Gasteiger partial charge in [0.25, 0.3) is 0 Å². The Labute approximate surface area is 272 Å². The fraction of sp³-hybridized carbons (Fsp3) is 0.219. The number of carbonyl (C=O) groups is 1. The van der Waals surface area contributed by atoms with Crippen molar-refractivity contribution in [1.29, 1.82) is 0 Å². The van der Waals surface area contributed by atoms with Crippen LogP contribution in [0.4, 0.5) is 30.2 Å². The molecular weight excluding hydrogens is 659 g/mol. The lowest BCUT2D eigenvalue weighted by Gasteiger charge is -2.32. The largest absolute Gasteiger partial charge is 0.465 e. The van der Waals surface area contributed by atoms with E-state index in [2.05, 4.69) is 10.2 Å². The average Bonchev–Trinajstić information content (AvgIpc) is 3.01. The molecule has 0 spiro atoms. The van der Waals surface area contributed by atoms with E-state index in [1.54, 1.807) is 18.2 Å². The summed E-state index contributed by atoms with van der Waals surface area (Å²) in [6.07, 6.45) is -4.45. The van der Waals surface area contributed by atoms with Crippen LogP contribution >= 0.6 is 46.4 Å². The molecule has 1 atom stereocenters. The minimum atomic E-state index is -4.45. The van der Waals surface area contributed by atoms with Gasteiger partial charge in [0.1, 0.15) is 11.5 Å². The summed E-state index contributed by atoms with van der Waals surface area (Å²) in [6.45, 7) is 5.64. The van der Waals surface area contributed by atoms with Crippen molar-refractivity contribution < 1.29 is 27.4 Å². The van der Waals surface area contributed by atoms with Crippen molar-refractivity contribution in [2.24, 2.45) is 0 Å². The van der Waals surface area contributed by atoms with Crippen molar-refractivity contribution in [1.82, 2.24) is 0 Å². The van der Waals surface area contributed by atoms with Gasteiger partial charge in [-0.05, 0) is 62.4 Å². The van der Waals surface area contributed by atoms with Crippen molar-refractivity contribution in [2.75, 3.05) is 30.4 Å². The summed E-state index contributed by atoms with van der Waals surface area (Å²) in [5.41, 5.74) is 2.63. The standard InChI is InChI=1S/C32H25Cl4F3N2O3/c1-4-41(5-2)19-11-12-20-23(15-19)44-22-13-10-18(40-17-8-6-16(7-9-17)32(37,38)39)14-21(22)24(20)25-26(31(42)43-3)28(34)30(36)29(35)27(25)33/h6-15,24,40H,4-5H2,1-3H3. The highest BCUT2D eigenvalue weighted by atomic mass is 35.5. The Balaban J connectivity index is 1.71. The summed E-state index contributed by atoms with van der Waals surface area (Å²) < 4.78 is 50.7. The van der Waals surface area contributed by atoms with E-state index in [0.29, 0.717) is 34.0 Å². The Morgan fingerprint density at radius 1 is 0.841 bits per heavy atom. The molecule has 4 aromatic rings. The number of benzene rings is 4. The summed E-state index contributed by atoms with van der Waals surface area (Å²) >= 11 is 26.4. The average molecular weight is 684 g/mol. The maximum Gasteiger partial charge on any atom is 0.416 e. The van der Waals surface area contributed by atoms with Gasteiger partial charge >= 0.3 is 12.1 Å². The molecule has 0 fully saturated rings. The zero-order valence-electron chi connectivity index (χ0n) is 23.6. The number of alkyl halides is 3. The van der Waals surface area contributed by atoms with Gasteiger partial charge in [0, 0.05) is 58.8 Å². The van der Waals surface area contributed by atoms with E-state index in [1.165, 1.54) is 19.2 Å². The van der Waals surface area contributed by atoms with Crippen molar-refractivity contribution in [3.05, 3.63) is 109 Å². The fourth-order valence-electron chi connectivity index (χ4n) is 5.31. The second-order valence-electron chi connectivity index (χ2n) is 9.92. The number of hydrogen-bond acceptors (Lipinski definition) is 5. The topological polar surface area (TPSA) is 50.8 Å². The molecule has 1 aliphatic heterocycles. The molecule has 230 valence electrons. The van der Waals surface area contributed by atoms with Gasteiger partial charge in [-0.25, -0.2) is 4.79 Å². The molecule has 5 rings (SSSR count). The van der Waals surface area contributed by atoms with Gasteiger partial charge < -0.3 is 19.7 Å². The van der Waals surface area contributed by atoms with Crippen molar-refractivity contribution >= 4 is 69.4 Å². The van der Waals surface area contributed by atoms with Gasteiger partial charge in [0.05, 0.1) is 38.3 Å². The molecule has 1 aliphatic rings. The molecule has 1 N–H and O–H groups in total. The first-order valence-electron chi connectivity index (χ1n) is 13.5. The highest BCUT2D eigenvalue weighted by Gasteiger charge is 2.37. The Bertz CT molecular complexity index is 1740. The van der Waals surface area contributed by atoms with E-state index in [4.69, 9.17) is 55.9 Å². The number of nitrogens with zero attached hydrogens (tertiary/aromatic N) is 1. The predicted molar refractivity (Wildman–Crippen MR) is 170 cm³/mol. The van der Waals surface area contributed by atoms with E-state index >= 15 is 0 Å². The third-order valence-corrected chi connectivity index (χ3v) is 9.28. The number of anilines is 3. The van der Waals surface area contributed by atoms with Crippen LogP contribution in [0.5, 0.6) is 11.5 Å². The Hall–Kier alpha value is -3.30. The number of nitrogens with one attached hydrogen (secondary N) is 1. The number of hydrogen-bond donors (Lipinski definition) is 1. The summed E-state index contributed by atoms with van der Waals surface area (Å²) in [7, 11) is 1.22. The van der Waals surface area contributed by atoms with E-state index < -0.39 is 23.6 Å². The fourth-order valence-corrected chi connectivity index (χ4v) is 6.36. The van der Waals surface area contributed by atoms with Crippen LogP contribution in [0.25, 0.3) is 0 Å². The predicted octanol–water partition coefficient (Wildman–Crippen LogP) is 11.0. The zero-order chi connectivity index (χ0) is 31.9. The highest BCUT2D eigenvalue weighted by Crippen LogP contribution is 2.54. The molecule has 12 heteroatoms. The number of ether oxygens (including phenoxy) is 2. The smallest absolute Gasteiger partial charge is 0.416 e. The number of fused-ring (bicyclic) bond motifs is 2. The quantitative estimate of drug-likeness (QED) is 0.105. The van der Waals surface area contributed by atoms with E-state index in [9.17, 15) is 18.0 Å². The molecule has 0 aromatic heterocycles. The molecule has 44 heavy (non-hydrogen) atoms. The normalized spacial score (nSPS) is 13.9. The lowest BCUT2D eigenvalue weighted by atomic mass is 9.80. The molecule has 0 aliphatic carbocycles. The van der Waals surface area contributed by atoms with Crippen molar-refractivity contribution in [3.8, 4) is 11.5 Å². The molecule has 0 bridgehead atoms. The van der Waals surface area contributed by atoms with Crippen molar-refractivity contribution in [2.45, 2.75) is 25.9 Å². The van der Waals surface area contributed by atoms with Crippen LogP contribution in [0.15, 0.2) is 60.7 Å². The van der Waals surface area contributed by atoms with Crippen molar-refractivity contribution in [3.63, 3.8) is 0 Å². The third kappa shape index (κ3) is 5.88. The molecule has 1 unspecified atom stereocenters. The molecule has 0 saturated carbocycles. The van der Waals surface area contributed by atoms with E-state index in [0.717, 1.165) is 30.9 Å². The van der Waals surface area contributed by atoms with Crippen LogP contribution in [0.2, 0.25) is 20.1 Å². The van der Waals surface area contributed by atoms with E-state index in [-0.39, 0.29) is 31.2 Å². The molecule has 0 radical (unpaired) electrons. The van der Waals surface area contributed by atoms with Crippen LogP contribution in [0, 0.1) is 0 Å². The van der Waals surface area contributed by atoms with Crippen LogP contribution in [-0.2, 0) is 10.9 Å². The van der Waals surface area contributed by atoms with Gasteiger partial charge in [0.2, 0.25) is 0 Å². The monoisotopic (exact) mass is 682 g/mol. The molecule has 1 heterocycles. The second-order valence-corrected chi connectivity index (χ2v) is 11.4. The summed E-state index contributed by atoms with van der Waals surface area (Å²) in [5, 5.41) is 2.91. The summed E-state index contributed by atoms with van der Waals surface area (Å²) in [5.74, 6) is -0.503. The highest BCUT2D eigenvalue weighted by molar-refractivity contribution is 6.53. The molecule has 0 saturated heterocycles. The Morgan fingerprint density at radius 3 is 2.09 bits per heavy atom. The Morgan fingerprint density at radius 2 is 1.48 bits per heavy atom. The van der Waals surface area contributed by atoms with Crippen LogP contribution < -0.4 is 15.0 Å². The maximum atomic E-state index is 13.2. The lowest BCUT2D eigenvalue weighted by Crippen LogP contribution is -2.22. The number of carbonyl (C=O) groups excluding carboxylic acids is 1. The van der Waals surface area contributed by atoms with Crippen LogP contribution in [0.3, 0.4) is 0 Å². The van der Waals surface area contributed by atoms with Gasteiger partial charge in [-0.1, -0.05) is 52.5 Å². The van der Waals surface area contributed by atoms with Crippen LogP contribution in [-0.4, -0.2) is 26.2 Å². The number of esters is 1. The molecule has 5 nitrogen and oxygen atoms in total. The first kappa shape index (κ1) is 32.1. The maximum absolute atomic E-state index is 13.2. The number of methoxy groups -OCH3 is 1. The lowest BCUT2D eigenvalue weighted by molar-refractivity contribution is -0.137. The molecule has 4 aromatic carbocycles. The Kier molecular flexibility index (Phi) is 9.19. The number of halogens is 7. The van der Waals surface area contributed by atoms with Gasteiger partial charge in [-0.2, -0.15) is 13.2 Å². The van der Waals surface area contributed by atoms with Gasteiger partial charge in [-0.3, -0.25) is 0 Å². The van der Waals surface area contributed by atoms with E-state index in [1.807, 2.05) is 32.0 Å². The van der Waals surface area contributed by atoms with Crippen LogP contribution in [0.1, 0.15) is 52.4 Å². The second kappa shape index (κ2) is 12.6. The zero-order valence-corrected chi connectivity index (χ0v) is 26.6. The minimum Gasteiger partial charge on any atom is -0.465 e. The molecular formula is C32H25Cl4F3N2O3. The summed E-state index contributed by atoms with van der Waals surface area (Å²) in [4.78, 5) is 15.3. The molecule has 0 amide bonds. The van der Waals surface area contributed by atoms with Gasteiger partial charge in [0.15, 0.2) is 0 Å². The minimum absolute atomic E-state index is 0.0131. The summed E-state index contributed by atoms with van der Waals surface area (Å²) in [6, 6.07) is 15.7. The third-order valence-electron chi connectivity index (χ3n) is 7.46. The first-order chi connectivity index (χ1) is 20.9. The first-order valence-corrected chi connectivity index (χ1v) is 15.0. The van der Waals surface area contributed by atoms with Gasteiger partial charge in [-0.15, -0.1) is 0 Å².